The van der Waals surface area contributed by atoms with E-state index in [0.29, 0.717) is 11.8 Å². The van der Waals surface area contributed by atoms with Gasteiger partial charge in [-0.15, -0.1) is 0 Å². The van der Waals surface area contributed by atoms with Crippen molar-refractivity contribution >= 4 is 22.8 Å². The summed E-state index contributed by atoms with van der Waals surface area (Å²) in [6.45, 7) is 2.56. The molecule has 6 heteroatoms. The summed E-state index contributed by atoms with van der Waals surface area (Å²) < 4.78 is 18.5. The molecule has 102 valence electrons. The van der Waals surface area contributed by atoms with E-state index in [4.69, 9.17) is 4.74 Å². The molecule has 0 atom stereocenters. The van der Waals surface area contributed by atoms with Gasteiger partial charge in [0, 0.05) is 23.2 Å². The Labute approximate surface area is 119 Å². The van der Waals surface area contributed by atoms with Crippen molar-refractivity contribution < 1.29 is 9.13 Å². The molecule has 20 heavy (non-hydrogen) atoms. The number of aromatic amines is 1. The molecule has 0 aliphatic heterocycles. The van der Waals surface area contributed by atoms with Crippen LogP contribution in [0.2, 0.25) is 0 Å². The minimum Gasteiger partial charge on any atom is -0.494 e. The van der Waals surface area contributed by atoms with Crippen molar-refractivity contribution in [2.45, 2.75) is 17.0 Å². The van der Waals surface area contributed by atoms with Crippen molar-refractivity contribution in [3.63, 3.8) is 0 Å². The van der Waals surface area contributed by atoms with Crippen LogP contribution >= 0.6 is 11.8 Å². The molecular formula is C14H12FN3OS. The number of benzene rings is 1. The first-order valence-corrected chi connectivity index (χ1v) is 6.98. The molecule has 0 unspecified atom stereocenters. The number of hydrogen-bond donors (Lipinski definition) is 1. The fourth-order valence-corrected chi connectivity index (χ4v) is 2.64. The molecule has 0 saturated heterocycles. The molecule has 3 rings (SSSR count). The first-order chi connectivity index (χ1) is 9.74. The van der Waals surface area contributed by atoms with Gasteiger partial charge < -0.3 is 9.72 Å². The monoisotopic (exact) mass is 289 g/mol. The molecule has 0 spiro atoms. The van der Waals surface area contributed by atoms with E-state index in [1.54, 1.807) is 6.07 Å². The second-order valence-electron chi connectivity index (χ2n) is 4.07. The van der Waals surface area contributed by atoms with Crippen molar-refractivity contribution in [3.8, 4) is 5.75 Å². The van der Waals surface area contributed by atoms with Crippen molar-refractivity contribution in [1.82, 2.24) is 15.0 Å². The van der Waals surface area contributed by atoms with Gasteiger partial charge in [-0.25, -0.2) is 9.97 Å². The normalized spacial score (nSPS) is 10.9. The minimum absolute atomic E-state index is 0.496. The number of nitrogens with one attached hydrogen (secondary N) is 1. The number of nitrogens with zero attached hydrogens (tertiary/aromatic N) is 2. The van der Waals surface area contributed by atoms with Gasteiger partial charge in [0.15, 0.2) is 5.16 Å². The number of pyridine rings is 1. The third-order valence-electron chi connectivity index (χ3n) is 2.66. The summed E-state index contributed by atoms with van der Waals surface area (Å²) >= 11 is 1.36. The number of rotatable bonds is 4. The highest BCUT2D eigenvalue weighted by Crippen LogP contribution is 2.28. The number of hydrogen-bond acceptors (Lipinski definition) is 4. The van der Waals surface area contributed by atoms with E-state index in [-0.39, 0.29) is 0 Å². The van der Waals surface area contributed by atoms with Crippen LogP contribution in [0.4, 0.5) is 4.39 Å². The Morgan fingerprint density at radius 2 is 2.20 bits per heavy atom. The van der Waals surface area contributed by atoms with Gasteiger partial charge >= 0.3 is 0 Å². The highest BCUT2D eigenvalue weighted by atomic mass is 32.2. The standard InChI is InChI=1S/C14H12FN3OS/c1-2-19-9-3-4-11-12(7-9)18-14(17-11)20-10-5-6-16-13(15)8-10/h3-8H,2H2,1H3,(H,17,18). The summed E-state index contributed by atoms with van der Waals surface area (Å²) in [5.41, 5.74) is 1.75. The number of fused-ring (bicyclic) bond motifs is 1. The van der Waals surface area contributed by atoms with E-state index in [1.165, 1.54) is 24.0 Å². The van der Waals surface area contributed by atoms with Crippen molar-refractivity contribution in [2.75, 3.05) is 6.61 Å². The lowest BCUT2D eigenvalue weighted by molar-refractivity contribution is 0.340. The Morgan fingerprint density at radius 3 is 3.00 bits per heavy atom. The Morgan fingerprint density at radius 1 is 1.30 bits per heavy atom. The number of H-pyrrole nitrogens is 1. The molecule has 0 fully saturated rings. The summed E-state index contributed by atoms with van der Waals surface area (Å²) in [4.78, 5) is 11.9. The summed E-state index contributed by atoms with van der Waals surface area (Å²) in [6.07, 6.45) is 1.44. The summed E-state index contributed by atoms with van der Waals surface area (Å²) in [6, 6.07) is 8.81. The van der Waals surface area contributed by atoms with Crippen LogP contribution in [-0.2, 0) is 0 Å². The number of imidazole rings is 1. The molecule has 0 aliphatic carbocycles. The molecule has 0 radical (unpaired) electrons. The predicted molar refractivity (Wildman–Crippen MR) is 75.6 cm³/mol. The van der Waals surface area contributed by atoms with E-state index < -0.39 is 5.95 Å². The third kappa shape index (κ3) is 2.75. The fraction of sp³-hybridized carbons (Fsp3) is 0.143. The molecule has 0 aliphatic rings. The molecular weight excluding hydrogens is 277 g/mol. The van der Waals surface area contributed by atoms with Gasteiger partial charge in [0.1, 0.15) is 5.75 Å². The summed E-state index contributed by atoms with van der Waals surface area (Å²) in [5.74, 6) is 0.305. The van der Waals surface area contributed by atoms with Crippen LogP contribution in [0.25, 0.3) is 11.0 Å². The highest BCUT2D eigenvalue weighted by molar-refractivity contribution is 7.99. The minimum atomic E-state index is -0.496. The van der Waals surface area contributed by atoms with E-state index >= 15 is 0 Å². The lowest BCUT2D eigenvalue weighted by Crippen LogP contribution is -1.90. The van der Waals surface area contributed by atoms with Gasteiger partial charge in [0.05, 0.1) is 17.6 Å². The van der Waals surface area contributed by atoms with Crippen LogP contribution < -0.4 is 4.74 Å². The Hall–Kier alpha value is -2.08. The van der Waals surface area contributed by atoms with Crippen molar-refractivity contribution in [2.24, 2.45) is 0 Å². The maximum Gasteiger partial charge on any atom is 0.213 e. The quantitative estimate of drug-likeness (QED) is 0.745. The zero-order valence-electron chi connectivity index (χ0n) is 10.8. The average Bonchev–Trinajstić information content (AvgIpc) is 2.80. The molecule has 2 aromatic heterocycles. The smallest absolute Gasteiger partial charge is 0.213 e. The number of aromatic nitrogens is 3. The Bertz CT molecular complexity index is 744. The van der Waals surface area contributed by atoms with Gasteiger partial charge in [0.2, 0.25) is 5.95 Å². The van der Waals surface area contributed by atoms with Gasteiger partial charge in [-0.2, -0.15) is 4.39 Å². The lowest BCUT2D eigenvalue weighted by Gasteiger charge is -2.00. The van der Waals surface area contributed by atoms with E-state index in [0.717, 1.165) is 21.7 Å². The van der Waals surface area contributed by atoms with Crippen LogP contribution in [0.3, 0.4) is 0 Å². The molecule has 0 saturated carbocycles. The number of ether oxygens (including phenoxy) is 1. The summed E-state index contributed by atoms with van der Waals surface area (Å²) in [7, 11) is 0. The highest BCUT2D eigenvalue weighted by Gasteiger charge is 2.06. The predicted octanol–water partition coefficient (Wildman–Crippen LogP) is 3.65. The van der Waals surface area contributed by atoms with Crippen LogP contribution in [0.15, 0.2) is 46.6 Å². The molecule has 2 heterocycles. The van der Waals surface area contributed by atoms with Gasteiger partial charge in [0.25, 0.3) is 0 Å². The maximum absolute atomic E-state index is 13.0. The maximum atomic E-state index is 13.0. The van der Waals surface area contributed by atoms with Crippen LogP contribution in [-0.4, -0.2) is 21.6 Å². The molecule has 1 aromatic carbocycles. The topological polar surface area (TPSA) is 50.8 Å². The molecule has 4 nitrogen and oxygen atoms in total. The summed E-state index contributed by atoms with van der Waals surface area (Å²) in [5, 5.41) is 0.708. The zero-order chi connectivity index (χ0) is 13.9. The second-order valence-corrected chi connectivity index (χ2v) is 5.13. The lowest BCUT2D eigenvalue weighted by atomic mass is 10.3. The molecule has 1 N–H and O–H groups in total. The average molecular weight is 289 g/mol. The van der Waals surface area contributed by atoms with E-state index in [2.05, 4.69) is 15.0 Å². The molecule has 3 aromatic rings. The first-order valence-electron chi connectivity index (χ1n) is 6.16. The Balaban J connectivity index is 1.89. The third-order valence-corrected chi connectivity index (χ3v) is 3.53. The van der Waals surface area contributed by atoms with Gasteiger partial charge in [-0.05, 0) is 25.1 Å². The second kappa shape index (κ2) is 5.50. The zero-order valence-corrected chi connectivity index (χ0v) is 11.6. The fourth-order valence-electron chi connectivity index (χ4n) is 1.83. The first kappa shape index (κ1) is 12.9. The largest absolute Gasteiger partial charge is 0.494 e. The molecule has 0 bridgehead atoms. The van der Waals surface area contributed by atoms with Gasteiger partial charge in [-0.3, -0.25) is 0 Å². The van der Waals surface area contributed by atoms with Crippen LogP contribution in [0.5, 0.6) is 5.75 Å². The SMILES string of the molecule is CCOc1ccc2nc(Sc3ccnc(F)c3)[nH]c2c1. The van der Waals surface area contributed by atoms with Crippen LogP contribution in [0, 0.1) is 5.95 Å². The van der Waals surface area contributed by atoms with Crippen molar-refractivity contribution in [1.29, 1.82) is 0 Å². The van der Waals surface area contributed by atoms with Crippen molar-refractivity contribution in [3.05, 3.63) is 42.5 Å². The van der Waals surface area contributed by atoms with E-state index in [9.17, 15) is 4.39 Å². The van der Waals surface area contributed by atoms with Gasteiger partial charge in [-0.1, -0.05) is 11.8 Å². The number of halogens is 1. The van der Waals surface area contributed by atoms with Crippen LogP contribution in [0.1, 0.15) is 6.92 Å². The Kier molecular flexibility index (Phi) is 3.56. The molecule has 0 amide bonds. The van der Waals surface area contributed by atoms with E-state index in [1.807, 2.05) is 25.1 Å².